The third-order valence-corrected chi connectivity index (χ3v) is 3.86. The first-order valence-corrected chi connectivity index (χ1v) is 8.12. The van der Waals surface area contributed by atoms with Crippen LogP contribution in [0.2, 0.25) is 0 Å². The summed E-state index contributed by atoms with van der Waals surface area (Å²) in [4.78, 5) is 19.5. The number of rotatable bonds is 6. The number of amides is 1. The van der Waals surface area contributed by atoms with Gasteiger partial charge in [0, 0.05) is 18.3 Å². The van der Waals surface area contributed by atoms with E-state index in [0.29, 0.717) is 17.9 Å². The molecule has 0 aliphatic rings. The van der Waals surface area contributed by atoms with Crippen LogP contribution in [0.1, 0.15) is 16.9 Å². The fourth-order valence-corrected chi connectivity index (χ4v) is 2.69. The summed E-state index contributed by atoms with van der Waals surface area (Å²) in [6.07, 6.45) is 2.79. The van der Waals surface area contributed by atoms with Gasteiger partial charge in [-0.3, -0.25) is 9.20 Å². The Morgan fingerprint density at radius 3 is 2.62 bits per heavy atom. The van der Waals surface area contributed by atoms with Crippen molar-refractivity contribution >= 4 is 11.6 Å². The van der Waals surface area contributed by atoms with Gasteiger partial charge in [-0.15, -0.1) is 0 Å². The fourth-order valence-electron chi connectivity index (χ4n) is 2.69. The number of benzene rings is 1. The molecule has 0 saturated heterocycles. The smallest absolute Gasteiger partial charge is 0.270 e. The molecule has 2 aromatic heterocycles. The van der Waals surface area contributed by atoms with E-state index >= 15 is 0 Å². The van der Waals surface area contributed by atoms with E-state index in [1.54, 1.807) is 0 Å². The van der Waals surface area contributed by atoms with Gasteiger partial charge < -0.3 is 10.2 Å². The quantitative estimate of drug-likeness (QED) is 0.710. The van der Waals surface area contributed by atoms with Crippen molar-refractivity contribution in [3.63, 3.8) is 0 Å². The number of fused-ring (bicyclic) bond motifs is 1. The zero-order valence-electron chi connectivity index (χ0n) is 14.1. The highest BCUT2D eigenvalue weighted by atomic mass is 16.1. The highest BCUT2D eigenvalue weighted by molar-refractivity contribution is 5.99. The highest BCUT2D eigenvalue weighted by Gasteiger charge is 2.19. The zero-order chi connectivity index (χ0) is 16.9. The van der Waals surface area contributed by atoms with Crippen molar-refractivity contribution in [3.05, 3.63) is 60.4 Å². The van der Waals surface area contributed by atoms with E-state index in [0.717, 1.165) is 24.2 Å². The van der Waals surface area contributed by atoms with Crippen LogP contribution in [0.15, 0.2) is 54.7 Å². The molecule has 0 spiro atoms. The van der Waals surface area contributed by atoms with Gasteiger partial charge in [-0.2, -0.15) is 0 Å². The molecule has 124 valence electrons. The molecule has 24 heavy (non-hydrogen) atoms. The van der Waals surface area contributed by atoms with E-state index in [-0.39, 0.29) is 5.91 Å². The van der Waals surface area contributed by atoms with Gasteiger partial charge in [0.15, 0.2) is 0 Å². The lowest BCUT2D eigenvalue weighted by Gasteiger charge is -2.10. The van der Waals surface area contributed by atoms with E-state index in [9.17, 15) is 4.79 Å². The van der Waals surface area contributed by atoms with Crippen LogP contribution in [0, 0.1) is 0 Å². The second-order valence-electron chi connectivity index (χ2n) is 6.02. The van der Waals surface area contributed by atoms with E-state index in [4.69, 9.17) is 0 Å². The zero-order valence-corrected chi connectivity index (χ0v) is 14.1. The molecule has 0 aliphatic carbocycles. The van der Waals surface area contributed by atoms with Crippen LogP contribution in [0.3, 0.4) is 0 Å². The third kappa shape index (κ3) is 3.46. The number of nitrogens with one attached hydrogen (secondary N) is 1. The summed E-state index contributed by atoms with van der Waals surface area (Å²) in [5, 5.41) is 3.02. The van der Waals surface area contributed by atoms with Crippen molar-refractivity contribution < 1.29 is 4.79 Å². The first-order chi connectivity index (χ1) is 11.7. The molecule has 5 nitrogen and oxygen atoms in total. The summed E-state index contributed by atoms with van der Waals surface area (Å²) >= 11 is 0. The van der Waals surface area contributed by atoms with Gasteiger partial charge in [-0.05, 0) is 39.2 Å². The molecule has 0 unspecified atom stereocenters. The molecule has 0 fully saturated rings. The highest BCUT2D eigenvalue weighted by Crippen LogP contribution is 2.24. The summed E-state index contributed by atoms with van der Waals surface area (Å²) in [6, 6.07) is 15.6. The van der Waals surface area contributed by atoms with Crippen molar-refractivity contribution in [1.29, 1.82) is 0 Å². The maximum atomic E-state index is 12.8. The van der Waals surface area contributed by atoms with Crippen LogP contribution < -0.4 is 5.32 Å². The second kappa shape index (κ2) is 7.27. The number of carbonyl (C=O) groups is 1. The van der Waals surface area contributed by atoms with Gasteiger partial charge in [0.05, 0.1) is 0 Å². The van der Waals surface area contributed by atoms with Gasteiger partial charge in [0.25, 0.3) is 5.91 Å². The van der Waals surface area contributed by atoms with E-state index in [1.807, 2.05) is 73.2 Å². The van der Waals surface area contributed by atoms with Crippen molar-refractivity contribution in [1.82, 2.24) is 19.6 Å². The lowest BCUT2D eigenvalue weighted by atomic mass is 10.1. The lowest BCUT2D eigenvalue weighted by Crippen LogP contribution is -2.28. The maximum Gasteiger partial charge on any atom is 0.270 e. The topological polar surface area (TPSA) is 49.6 Å². The van der Waals surface area contributed by atoms with Crippen LogP contribution in [-0.4, -0.2) is 47.4 Å². The fraction of sp³-hybridized carbons (Fsp3) is 0.263. The minimum absolute atomic E-state index is 0.0914. The van der Waals surface area contributed by atoms with Crippen LogP contribution >= 0.6 is 0 Å². The maximum absolute atomic E-state index is 12.8. The number of nitrogens with zero attached hydrogens (tertiary/aromatic N) is 3. The van der Waals surface area contributed by atoms with Gasteiger partial charge >= 0.3 is 0 Å². The average Bonchev–Trinajstić information content (AvgIpc) is 2.99. The van der Waals surface area contributed by atoms with Crippen LogP contribution in [0.25, 0.3) is 16.9 Å². The predicted octanol–water partition coefficient (Wildman–Crippen LogP) is 2.68. The predicted molar refractivity (Wildman–Crippen MR) is 96.1 cm³/mol. The van der Waals surface area contributed by atoms with Crippen LogP contribution in [0.4, 0.5) is 0 Å². The number of imidazole rings is 1. The van der Waals surface area contributed by atoms with Crippen molar-refractivity contribution in [2.75, 3.05) is 27.2 Å². The summed E-state index contributed by atoms with van der Waals surface area (Å²) in [6.45, 7) is 1.59. The Morgan fingerprint density at radius 1 is 1.12 bits per heavy atom. The van der Waals surface area contributed by atoms with Crippen molar-refractivity contribution in [2.45, 2.75) is 6.42 Å². The van der Waals surface area contributed by atoms with Gasteiger partial charge in [0.2, 0.25) is 0 Å². The molecular weight excluding hydrogens is 300 g/mol. The number of aromatic nitrogens is 2. The minimum atomic E-state index is -0.0914. The molecular formula is C19H22N4O. The first kappa shape index (κ1) is 16.2. The van der Waals surface area contributed by atoms with Gasteiger partial charge in [0.1, 0.15) is 17.0 Å². The summed E-state index contributed by atoms with van der Waals surface area (Å²) in [7, 11) is 4.06. The molecule has 5 heteroatoms. The lowest BCUT2D eigenvalue weighted by molar-refractivity contribution is 0.0947. The Balaban J connectivity index is 1.92. The number of hydrogen-bond donors (Lipinski definition) is 1. The van der Waals surface area contributed by atoms with Crippen LogP contribution in [0.5, 0.6) is 0 Å². The Kier molecular flexibility index (Phi) is 4.91. The molecule has 2 heterocycles. The SMILES string of the molecule is CN(C)CCCNC(=O)c1c(-c2ccccc2)nc2ccccn12. The average molecular weight is 322 g/mol. The summed E-state index contributed by atoms with van der Waals surface area (Å²) in [5.41, 5.74) is 3.02. The molecule has 0 saturated carbocycles. The number of pyridine rings is 1. The molecule has 1 N–H and O–H groups in total. The van der Waals surface area contributed by atoms with E-state index in [1.165, 1.54) is 0 Å². The first-order valence-electron chi connectivity index (χ1n) is 8.12. The molecule has 1 aromatic carbocycles. The Bertz CT molecular complexity index is 824. The van der Waals surface area contributed by atoms with Gasteiger partial charge in [-0.25, -0.2) is 4.98 Å². The largest absolute Gasteiger partial charge is 0.351 e. The van der Waals surface area contributed by atoms with E-state index < -0.39 is 0 Å². The normalized spacial score (nSPS) is 11.1. The third-order valence-electron chi connectivity index (χ3n) is 3.86. The van der Waals surface area contributed by atoms with E-state index in [2.05, 4.69) is 15.2 Å². The Labute approximate surface area is 141 Å². The van der Waals surface area contributed by atoms with Crippen LogP contribution in [-0.2, 0) is 0 Å². The van der Waals surface area contributed by atoms with Gasteiger partial charge in [-0.1, -0.05) is 36.4 Å². The molecule has 1 amide bonds. The summed E-state index contributed by atoms with van der Waals surface area (Å²) in [5.74, 6) is -0.0914. The molecule has 0 bridgehead atoms. The van der Waals surface area contributed by atoms with Crippen molar-refractivity contribution in [2.24, 2.45) is 0 Å². The minimum Gasteiger partial charge on any atom is -0.351 e. The summed E-state index contributed by atoms with van der Waals surface area (Å²) < 4.78 is 1.85. The monoisotopic (exact) mass is 322 g/mol. The molecule has 0 atom stereocenters. The molecule has 3 rings (SSSR count). The molecule has 3 aromatic rings. The number of hydrogen-bond acceptors (Lipinski definition) is 3. The van der Waals surface area contributed by atoms with Crippen molar-refractivity contribution in [3.8, 4) is 11.3 Å². The number of carbonyl (C=O) groups excluding carboxylic acids is 1. The Morgan fingerprint density at radius 2 is 1.88 bits per heavy atom. The second-order valence-corrected chi connectivity index (χ2v) is 6.02. The standard InChI is InChI=1S/C19H22N4O/c1-22(2)13-8-12-20-19(24)18-17(15-9-4-3-5-10-15)21-16-11-6-7-14-23(16)18/h3-7,9-11,14H,8,12-13H2,1-2H3,(H,20,24). The molecule has 0 radical (unpaired) electrons. The Hall–Kier alpha value is -2.66. The molecule has 0 aliphatic heterocycles.